The Balaban J connectivity index is 0.00000108. The predicted molar refractivity (Wildman–Crippen MR) is 66.0 cm³/mol. The van der Waals surface area contributed by atoms with Crippen LogP contribution < -0.4 is 21.9 Å². The van der Waals surface area contributed by atoms with Crippen molar-refractivity contribution in [3.8, 4) is 0 Å². The van der Waals surface area contributed by atoms with Gasteiger partial charge in [-0.15, -0.1) is 0 Å². The molecule has 3 rings (SSSR count). The molecule has 0 amide bonds. The summed E-state index contributed by atoms with van der Waals surface area (Å²) in [7, 11) is 0. The topological polar surface area (TPSA) is 7.12 Å². The molecule has 1 fully saturated rings. The second kappa shape index (κ2) is 5.72. The van der Waals surface area contributed by atoms with Crippen LogP contribution in [0.2, 0.25) is 0 Å². The molecule has 0 radical (unpaired) electrons. The van der Waals surface area contributed by atoms with Gasteiger partial charge in [-0.1, -0.05) is 0 Å². The quantitative estimate of drug-likeness (QED) is 0.484. The molecule has 1 aliphatic heterocycles. The van der Waals surface area contributed by atoms with Crippen molar-refractivity contribution in [2.24, 2.45) is 0 Å². The van der Waals surface area contributed by atoms with E-state index in [1.807, 2.05) is 0 Å². The van der Waals surface area contributed by atoms with Crippen molar-refractivity contribution in [1.29, 1.82) is 0 Å². The zero-order valence-corrected chi connectivity index (χ0v) is 12.0. The van der Waals surface area contributed by atoms with Gasteiger partial charge in [0.2, 0.25) is 0 Å². The molecule has 1 aliphatic rings. The first-order valence-corrected chi connectivity index (χ1v) is 7.65. The molecular formula is C13H15ClN2Se. The van der Waals surface area contributed by atoms with Gasteiger partial charge in [0, 0.05) is 0 Å². The molecule has 0 atom stereocenters. The van der Waals surface area contributed by atoms with Crippen LogP contribution in [0.1, 0.15) is 12.0 Å². The van der Waals surface area contributed by atoms with Gasteiger partial charge in [0.05, 0.1) is 0 Å². The van der Waals surface area contributed by atoms with E-state index in [0.29, 0.717) is 14.5 Å². The van der Waals surface area contributed by atoms with E-state index in [9.17, 15) is 0 Å². The molecular weight excluding hydrogens is 299 g/mol. The fourth-order valence-corrected chi connectivity index (χ4v) is 3.32. The molecule has 0 saturated carbocycles. The van der Waals surface area contributed by atoms with Crippen molar-refractivity contribution in [3.63, 3.8) is 0 Å². The van der Waals surface area contributed by atoms with Gasteiger partial charge in [-0.05, 0) is 0 Å². The first kappa shape index (κ1) is 12.7. The zero-order chi connectivity index (χ0) is 10.8. The van der Waals surface area contributed by atoms with E-state index in [-0.39, 0.29) is 12.4 Å². The van der Waals surface area contributed by atoms with Crippen molar-refractivity contribution in [3.05, 3.63) is 46.0 Å². The van der Waals surface area contributed by atoms with E-state index < -0.39 is 0 Å². The normalized spacial score (nSPS) is 14.0. The number of halogens is 1. The number of anilines is 1. The molecule has 0 spiro atoms. The Hall–Kier alpha value is -0.761. The summed E-state index contributed by atoms with van der Waals surface area (Å²) in [5.41, 5.74) is 2.81. The van der Waals surface area contributed by atoms with Crippen LogP contribution in [-0.2, 0) is 6.54 Å². The number of hydrogen-bond donors (Lipinski definition) is 0. The Morgan fingerprint density at radius 1 is 1.18 bits per heavy atom. The molecule has 2 aromatic rings. The Morgan fingerprint density at radius 3 is 2.47 bits per heavy atom. The van der Waals surface area contributed by atoms with E-state index >= 15 is 0 Å². The first-order chi connectivity index (χ1) is 7.92. The summed E-state index contributed by atoms with van der Waals surface area (Å²) in [4.78, 5) is 7.04. The van der Waals surface area contributed by atoms with Crippen LogP contribution in [-0.4, -0.2) is 27.6 Å². The van der Waals surface area contributed by atoms with Gasteiger partial charge in [-0.3, -0.25) is 0 Å². The third kappa shape index (κ3) is 2.92. The van der Waals surface area contributed by atoms with E-state index in [1.165, 1.54) is 30.8 Å². The summed E-state index contributed by atoms with van der Waals surface area (Å²) >= 11 is 0.605. The summed E-state index contributed by atoms with van der Waals surface area (Å²) in [6.07, 6.45) is 5.72. The molecule has 90 valence electrons. The monoisotopic (exact) mass is 314 g/mol. The molecule has 0 aliphatic carbocycles. The van der Waals surface area contributed by atoms with E-state index in [4.69, 9.17) is 0 Å². The Bertz CT molecular complexity index is 449. The Kier molecular flexibility index (Phi) is 4.27. The average Bonchev–Trinajstić information content (AvgIpc) is 2.71. The third-order valence-corrected chi connectivity index (χ3v) is 4.58. The molecule has 17 heavy (non-hydrogen) atoms. The third-order valence-electron chi connectivity index (χ3n) is 3.04. The summed E-state index contributed by atoms with van der Waals surface area (Å²) in [5, 5.41) is 0. The number of aromatic nitrogens is 1. The van der Waals surface area contributed by atoms with Crippen molar-refractivity contribution in [2.45, 2.75) is 13.0 Å². The number of nitrogens with zero attached hydrogens (tertiary/aromatic N) is 2. The van der Waals surface area contributed by atoms with Crippen LogP contribution in [0.3, 0.4) is 0 Å². The van der Waals surface area contributed by atoms with Crippen LogP contribution >= 0.6 is 0 Å². The molecule has 2 nitrogen and oxygen atoms in total. The average molecular weight is 314 g/mol. The summed E-state index contributed by atoms with van der Waals surface area (Å²) < 4.78 is 2.25. The zero-order valence-electron chi connectivity index (χ0n) is 9.55. The second-order valence-electron chi connectivity index (χ2n) is 4.20. The second-order valence-corrected chi connectivity index (χ2v) is 5.84. The van der Waals surface area contributed by atoms with Crippen LogP contribution in [0.4, 0.5) is 5.69 Å². The molecule has 0 aromatic carbocycles. The molecule has 0 unspecified atom stereocenters. The van der Waals surface area contributed by atoms with Crippen LogP contribution in [0.5, 0.6) is 0 Å². The van der Waals surface area contributed by atoms with Crippen LogP contribution in [0, 0.1) is 0 Å². The molecule has 3 heterocycles. The summed E-state index contributed by atoms with van der Waals surface area (Å²) in [6, 6.07) is 6.70. The standard InChI is InChI=1S/C13H15N2Se.ClH/c1-5-15(6-1)13-2-7-14(8-3-13)10-12-4-9-16-11-12;/h2-4,7-9,11H,1,5-6,10H2;1H/q+1;/p-1. The van der Waals surface area contributed by atoms with Gasteiger partial charge in [-0.25, -0.2) is 0 Å². The van der Waals surface area contributed by atoms with E-state index in [2.05, 4.69) is 49.9 Å². The SMILES string of the molecule is [Cl-].c1cc(C[n+]2ccc(N3CCC3)cc2)c[se]1. The Morgan fingerprint density at radius 2 is 1.94 bits per heavy atom. The van der Waals surface area contributed by atoms with Crippen molar-refractivity contribution in [1.82, 2.24) is 0 Å². The molecule has 0 N–H and O–H groups in total. The van der Waals surface area contributed by atoms with Gasteiger partial charge in [0.25, 0.3) is 0 Å². The van der Waals surface area contributed by atoms with Gasteiger partial charge in [-0.2, -0.15) is 0 Å². The van der Waals surface area contributed by atoms with Crippen LogP contribution in [0.25, 0.3) is 0 Å². The summed E-state index contributed by atoms with van der Waals surface area (Å²) in [6.45, 7) is 3.46. The van der Waals surface area contributed by atoms with E-state index in [0.717, 1.165) is 6.54 Å². The van der Waals surface area contributed by atoms with Crippen molar-refractivity contribution in [2.75, 3.05) is 18.0 Å². The molecule has 2 aromatic heterocycles. The maximum absolute atomic E-state index is 2.42. The summed E-state index contributed by atoms with van der Waals surface area (Å²) in [5.74, 6) is 0. The minimum atomic E-state index is 0. The van der Waals surface area contributed by atoms with Crippen molar-refractivity contribution >= 4 is 20.2 Å². The van der Waals surface area contributed by atoms with Gasteiger partial charge in [0.1, 0.15) is 0 Å². The molecule has 0 bridgehead atoms. The molecule has 1 saturated heterocycles. The van der Waals surface area contributed by atoms with Gasteiger partial charge >= 0.3 is 102 Å². The fourth-order valence-electron chi connectivity index (χ4n) is 1.93. The number of hydrogen-bond acceptors (Lipinski definition) is 1. The maximum atomic E-state index is 2.42. The van der Waals surface area contributed by atoms with Gasteiger partial charge < -0.3 is 12.4 Å². The van der Waals surface area contributed by atoms with Crippen molar-refractivity contribution < 1.29 is 17.0 Å². The fraction of sp³-hybridized carbons (Fsp3) is 0.308. The predicted octanol–water partition coefficient (Wildman–Crippen LogP) is -1.71. The number of pyridine rings is 1. The molecule has 4 heteroatoms. The van der Waals surface area contributed by atoms with E-state index in [1.54, 1.807) is 0 Å². The van der Waals surface area contributed by atoms with Gasteiger partial charge in [0.15, 0.2) is 0 Å². The Labute approximate surface area is 114 Å². The number of rotatable bonds is 3. The first-order valence-electron chi connectivity index (χ1n) is 5.67. The minimum absolute atomic E-state index is 0. The van der Waals surface area contributed by atoms with Crippen LogP contribution in [0.15, 0.2) is 40.5 Å².